The molecule has 12 heteroatoms. The van der Waals surface area contributed by atoms with Gasteiger partial charge in [-0.3, -0.25) is 14.9 Å². The Hall–Kier alpha value is -2.40. The fourth-order valence-electron chi connectivity index (χ4n) is 2.64. The van der Waals surface area contributed by atoms with Crippen LogP contribution in [0.3, 0.4) is 0 Å². The first-order chi connectivity index (χ1) is 14.1. The number of nitrogens with zero attached hydrogens (tertiary/aromatic N) is 2. The van der Waals surface area contributed by atoms with Gasteiger partial charge in [-0.25, -0.2) is 8.42 Å². The molecule has 0 atom stereocenters. The van der Waals surface area contributed by atoms with E-state index in [4.69, 9.17) is 23.2 Å². The molecule has 0 heterocycles. The normalized spacial score (nSPS) is 11.4. The molecule has 2 N–H and O–H groups in total. The van der Waals surface area contributed by atoms with Crippen LogP contribution in [-0.4, -0.2) is 43.2 Å². The summed E-state index contributed by atoms with van der Waals surface area (Å²) in [5, 5.41) is 17.1. The van der Waals surface area contributed by atoms with Crippen LogP contribution in [0.4, 0.5) is 17.1 Å². The summed E-state index contributed by atoms with van der Waals surface area (Å²) >= 11 is 11.8. The van der Waals surface area contributed by atoms with Crippen LogP contribution in [0.1, 0.15) is 13.8 Å². The molecule has 2 rings (SSSR count). The topological polar surface area (TPSA) is 122 Å². The molecule has 0 fully saturated rings. The van der Waals surface area contributed by atoms with E-state index >= 15 is 0 Å². The van der Waals surface area contributed by atoms with Crippen LogP contribution in [-0.2, 0) is 14.8 Å². The number of hydrogen-bond donors (Lipinski definition) is 2. The standard InChI is InChI=1S/C18H20Cl2N4O5S/c1-3-23(4-2)30(28,29)17-10-13(24(26)27)6-8-16(17)21-11-18(25)22-12-5-7-14(19)15(20)9-12/h5-10,21H,3-4,11H2,1-2H3,(H,22,25). The average molecular weight is 475 g/mol. The summed E-state index contributed by atoms with van der Waals surface area (Å²) in [6, 6.07) is 7.98. The summed E-state index contributed by atoms with van der Waals surface area (Å²) in [6.45, 7) is 3.43. The van der Waals surface area contributed by atoms with Gasteiger partial charge in [0.2, 0.25) is 15.9 Å². The zero-order valence-electron chi connectivity index (χ0n) is 16.2. The molecule has 0 unspecified atom stereocenters. The first-order valence-electron chi connectivity index (χ1n) is 8.87. The Morgan fingerprint density at radius 1 is 1.10 bits per heavy atom. The molecular weight excluding hydrogens is 455 g/mol. The van der Waals surface area contributed by atoms with Crippen LogP contribution in [0.5, 0.6) is 0 Å². The number of carbonyl (C=O) groups excluding carboxylic acids is 1. The van der Waals surface area contributed by atoms with Crippen LogP contribution < -0.4 is 10.6 Å². The first kappa shape index (κ1) is 23.9. The maximum absolute atomic E-state index is 12.9. The van der Waals surface area contributed by atoms with E-state index in [1.54, 1.807) is 19.9 Å². The van der Waals surface area contributed by atoms with Crippen LogP contribution in [0, 0.1) is 10.1 Å². The lowest BCUT2D eigenvalue weighted by Gasteiger charge is -2.20. The maximum atomic E-state index is 12.9. The summed E-state index contributed by atoms with van der Waals surface area (Å²) in [5.74, 6) is -0.474. The van der Waals surface area contributed by atoms with Gasteiger partial charge in [0, 0.05) is 30.9 Å². The molecule has 162 valence electrons. The second-order valence-corrected chi connectivity index (χ2v) is 8.78. The highest BCUT2D eigenvalue weighted by atomic mass is 35.5. The van der Waals surface area contributed by atoms with Gasteiger partial charge in [-0.15, -0.1) is 0 Å². The quantitative estimate of drug-likeness (QED) is 0.418. The molecule has 1 amide bonds. The highest BCUT2D eigenvalue weighted by Gasteiger charge is 2.27. The summed E-state index contributed by atoms with van der Waals surface area (Å²) in [7, 11) is -4.00. The van der Waals surface area contributed by atoms with Gasteiger partial charge in [0.25, 0.3) is 5.69 Å². The molecule has 0 radical (unpaired) electrons. The van der Waals surface area contributed by atoms with E-state index in [9.17, 15) is 23.3 Å². The number of sulfonamides is 1. The number of hydrogen-bond acceptors (Lipinski definition) is 6. The molecule has 2 aromatic rings. The van der Waals surface area contributed by atoms with Crippen molar-refractivity contribution in [1.29, 1.82) is 0 Å². The van der Waals surface area contributed by atoms with Crippen molar-refractivity contribution in [2.24, 2.45) is 0 Å². The van der Waals surface area contributed by atoms with E-state index in [-0.39, 0.29) is 40.9 Å². The molecule has 0 aliphatic carbocycles. The molecular formula is C18H20Cl2N4O5S. The number of carbonyl (C=O) groups is 1. The van der Waals surface area contributed by atoms with Crippen LogP contribution in [0.2, 0.25) is 10.0 Å². The Balaban J connectivity index is 2.27. The van der Waals surface area contributed by atoms with E-state index in [1.807, 2.05) is 0 Å². The summed E-state index contributed by atoms with van der Waals surface area (Å²) in [4.78, 5) is 22.4. The Morgan fingerprint density at radius 2 is 1.77 bits per heavy atom. The predicted molar refractivity (Wildman–Crippen MR) is 117 cm³/mol. The largest absolute Gasteiger partial charge is 0.375 e. The Kier molecular flexibility index (Phi) is 8.02. The van der Waals surface area contributed by atoms with Gasteiger partial charge in [0.05, 0.1) is 27.2 Å². The predicted octanol–water partition coefficient (Wildman–Crippen LogP) is 3.98. The summed E-state index contributed by atoms with van der Waals surface area (Å²) < 4.78 is 27.0. The van der Waals surface area contributed by atoms with Crippen molar-refractivity contribution in [3.05, 3.63) is 56.6 Å². The van der Waals surface area contributed by atoms with Crippen molar-refractivity contribution in [2.45, 2.75) is 18.7 Å². The van der Waals surface area contributed by atoms with Gasteiger partial charge >= 0.3 is 0 Å². The third kappa shape index (κ3) is 5.60. The highest BCUT2D eigenvalue weighted by Crippen LogP contribution is 2.29. The third-order valence-corrected chi connectivity index (χ3v) is 6.97. The number of rotatable bonds is 9. The van der Waals surface area contributed by atoms with E-state index in [0.717, 1.165) is 6.07 Å². The molecule has 0 aromatic heterocycles. The molecule has 0 saturated carbocycles. The van der Waals surface area contributed by atoms with Gasteiger partial charge in [0.15, 0.2) is 0 Å². The maximum Gasteiger partial charge on any atom is 0.270 e. The minimum atomic E-state index is -4.00. The lowest BCUT2D eigenvalue weighted by Crippen LogP contribution is -2.31. The molecule has 0 aliphatic rings. The SMILES string of the molecule is CCN(CC)S(=O)(=O)c1cc([N+](=O)[O-])ccc1NCC(=O)Nc1ccc(Cl)c(Cl)c1. The van der Waals surface area contributed by atoms with Gasteiger partial charge in [-0.1, -0.05) is 37.0 Å². The second kappa shape index (κ2) is 10.1. The van der Waals surface area contributed by atoms with Crippen LogP contribution >= 0.6 is 23.2 Å². The van der Waals surface area contributed by atoms with E-state index < -0.39 is 20.9 Å². The minimum absolute atomic E-state index is 0.0804. The highest BCUT2D eigenvalue weighted by molar-refractivity contribution is 7.89. The van der Waals surface area contributed by atoms with E-state index in [2.05, 4.69) is 10.6 Å². The van der Waals surface area contributed by atoms with Gasteiger partial charge in [-0.2, -0.15) is 4.31 Å². The lowest BCUT2D eigenvalue weighted by atomic mass is 10.2. The Bertz CT molecular complexity index is 1060. The molecule has 0 aliphatic heterocycles. The number of nitrogens with one attached hydrogen (secondary N) is 2. The van der Waals surface area contributed by atoms with Crippen LogP contribution in [0.25, 0.3) is 0 Å². The van der Waals surface area contributed by atoms with Gasteiger partial charge in [0.1, 0.15) is 4.90 Å². The van der Waals surface area contributed by atoms with Crippen molar-refractivity contribution < 1.29 is 18.1 Å². The lowest BCUT2D eigenvalue weighted by molar-refractivity contribution is -0.385. The molecule has 0 bridgehead atoms. The number of nitro benzene ring substituents is 1. The number of nitro groups is 1. The molecule has 0 saturated heterocycles. The second-order valence-electron chi connectivity index (χ2n) is 6.06. The average Bonchev–Trinajstić information content (AvgIpc) is 2.69. The molecule has 0 spiro atoms. The third-order valence-electron chi connectivity index (χ3n) is 4.14. The van der Waals surface area contributed by atoms with Crippen molar-refractivity contribution in [1.82, 2.24) is 4.31 Å². The van der Waals surface area contributed by atoms with Crippen molar-refractivity contribution in [3.8, 4) is 0 Å². The van der Waals surface area contributed by atoms with Crippen LogP contribution in [0.15, 0.2) is 41.3 Å². The number of benzene rings is 2. The van der Waals surface area contributed by atoms with Gasteiger partial charge < -0.3 is 10.6 Å². The van der Waals surface area contributed by atoms with Gasteiger partial charge in [-0.05, 0) is 24.3 Å². The smallest absolute Gasteiger partial charge is 0.270 e. The zero-order valence-corrected chi connectivity index (χ0v) is 18.5. The minimum Gasteiger partial charge on any atom is -0.375 e. The summed E-state index contributed by atoms with van der Waals surface area (Å²) in [6.07, 6.45) is 0. The first-order valence-corrected chi connectivity index (χ1v) is 11.1. The number of amides is 1. The molecule has 30 heavy (non-hydrogen) atoms. The number of anilines is 2. The fourth-order valence-corrected chi connectivity index (χ4v) is 4.59. The number of non-ortho nitro benzene ring substituents is 1. The van der Waals surface area contributed by atoms with E-state index in [0.29, 0.717) is 10.7 Å². The van der Waals surface area contributed by atoms with Crippen molar-refractivity contribution >= 4 is 56.2 Å². The fraction of sp³-hybridized carbons (Fsp3) is 0.278. The van der Waals surface area contributed by atoms with E-state index in [1.165, 1.54) is 28.6 Å². The monoisotopic (exact) mass is 474 g/mol. The van der Waals surface area contributed by atoms with Crippen molar-refractivity contribution in [2.75, 3.05) is 30.3 Å². The Labute approximate surface area is 184 Å². The summed E-state index contributed by atoms with van der Waals surface area (Å²) in [5.41, 5.74) is 0.124. The molecule has 2 aromatic carbocycles. The Morgan fingerprint density at radius 3 is 2.33 bits per heavy atom. The number of halogens is 2. The zero-order chi connectivity index (χ0) is 22.5. The molecule has 9 nitrogen and oxygen atoms in total. The van der Waals surface area contributed by atoms with Crippen molar-refractivity contribution in [3.63, 3.8) is 0 Å².